The van der Waals surface area contributed by atoms with Gasteiger partial charge in [-0.05, 0) is 53.9 Å². The SMILES string of the molecule is CC(C)C[C@H](NC(=O)OC(C)(C)C)C(=O)CC(=O)OC(C)(C)C. The van der Waals surface area contributed by atoms with E-state index in [9.17, 15) is 14.4 Å². The Morgan fingerprint density at radius 1 is 0.913 bits per heavy atom. The highest BCUT2D eigenvalue weighted by molar-refractivity contribution is 5.99. The van der Waals surface area contributed by atoms with Crippen LogP contribution in [-0.4, -0.2) is 35.1 Å². The van der Waals surface area contributed by atoms with Gasteiger partial charge in [-0.2, -0.15) is 0 Å². The van der Waals surface area contributed by atoms with Crippen LogP contribution < -0.4 is 5.32 Å². The molecule has 0 radical (unpaired) electrons. The van der Waals surface area contributed by atoms with Crippen molar-refractivity contribution in [1.82, 2.24) is 5.32 Å². The van der Waals surface area contributed by atoms with Crippen LogP contribution in [0.3, 0.4) is 0 Å². The third kappa shape index (κ3) is 11.6. The molecule has 0 bridgehead atoms. The molecule has 0 spiro atoms. The summed E-state index contributed by atoms with van der Waals surface area (Å²) in [6, 6.07) is -0.766. The van der Waals surface area contributed by atoms with Crippen LogP contribution in [0.5, 0.6) is 0 Å². The number of ether oxygens (including phenoxy) is 2. The number of esters is 1. The van der Waals surface area contributed by atoms with Crippen LogP contribution in [0.25, 0.3) is 0 Å². The summed E-state index contributed by atoms with van der Waals surface area (Å²) in [5.41, 5.74) is -1.30. The molecule has 0 fully saturated rings. The van der Waals surface area contributed by atoms with Crippen molar-refractivity contribution in [1.29, 1.82) is 0 Å². The van der Waals surface area contributed by atoms with Crippen molar-refractivity contribution in [2.75, 3.05) is 0 Å². The van der Waals surface area contributed by atoms with Gasteiger partial charge in [-0.3, -0.25) is 9.59 Å². The van der Waals surface area contributed by atoms with Crippen molar-refractivity contribution >= 4 is 17.8 Å². The molecule has 0 aromatic rings. The fourth-order valence-electron chi connectivity index (χ4n) is 1.84. The van der Waals surface area contributed by atoms with Crippen LogP contribution in [-0.2, 0) is 19.1 Å². The molecule has 0 rings (SSSR count). The lowest BCUT2D eigenvalue weighted by Gasteiger charge is -2.24. The molecule has 0 saturated heterocycles. The van der Waals surface area contributed by atoms with Crippen molar-refractivity contribution in [3.63, 3.8) is 0 Å². The molecule has 0 saturated carbocycles. The van der Waals surface area contributed by atoms with Crippen LogP contribution in [0.2, 0.25) is 0 Å². The van der Waals surface area contributed by atoms with Crippen molar-refractivity contribution in [3.05, 3.63) is 0 Å². The van der Waals surface area contributed by atoms with E-state index in [1.165, 1.54) is 0 Å². The molecule has 134 valence electrons. The standard InChI is InChI=1S/C17H31NO5/c1-11(2)9-12(18-15(21)23-17(6,7)8)13(19)10-14(20)22-16(3,4)5/h11-12H,9-10H2,1-8H3,(H,18,21)/t12-/m0/s1. The third-order valence-corrected chi connectivity index (χ3v) is 2.53. The Labute approximate surface area is 139 Å². The summed E-state index contributed by atoms with van der Waals surface area (Å²) in [6.45, 7) is 14.3. The van der Waals surface area contributed by atoms with E-state index in [1.54, 1.807) is 41.5 Å². The molecule has 0 unspecified atom stereocenters. The Morgan fingerprint density at radius 2 is 1.39 bits per heavy atom. The van der Waals surface area contributed by atoms with E-state index in [4.69, 9.17) is 9.47 Å². The van der Waals surface area contributed by atoms with Crippen LogP contribution in [0.15, 0.2) is 0 Å². The van der Waals surface area contributed by atoms with Gasteiger partial charge in [-0.15, -0.1) is 0 Å². The van der Waals surface area contributed by atoms with Gasteiger partial charge in [-0.1, -0.05) is 13.8 Å². The normalized spacial score (nSPS) is 13.4. The van der Waals surface area contributed by atoms with E-state index >= 15 is 0 Å². The lowest BCUT2D eigenvalue weighted by atomic mass is 9.98. The number of nitrogens with one attached hydrogen (secondary N) is 1. The van der Waals surface area contributed by atoms with Gasteiger partial charge in [0.15, 0.2) is 5.78 Å². The summed E-state index contributed by atoms with van der Waals surface area (Å²) in [5, 5.41) is 2.55. The quantitative estimate of drug-likeness (QED) is 0.597. The molecule has 0 aromatic carbocycles. The van der Waals surface area contributed by atoms with Gasteiger partial charge in [0.2, 0.25) is 0 Å². The zero-order valence-corrected chi connectivity index (χ0v) is 15.6. The minimum atomic E-state index is -0.766. The molecule has 1 N–H and O–H groups in total. The largest absolute Gasteiger partial charge is 0.460 e. The highest BCUT2D eigenvalue weighted by Gasteiger charge is 2.28. The molecule has 6 heteroatoms. The zero-order valence-electron chi connectivity index (χ0n) is 15.6. The van der Waals surface area contributed by atoms with E-state index in [2.05, 4.69) is 5.32 Å². The number of carbonyl (C=O) groups excluding carboxylic acids is 3. The Balaban J connectivity index is 4.79. The molecular formula is C17H31NO5. The van der Waals surface area contributed by atoms with Crippen molar-refractivity contribution in [3.8, 4) is 0 Å². The lowest BCUT2D eigenvalue weighted by Crippen LogP contribution is -2.45. The first kappa shape index (κ1) is 21.4. The molecule has 0 aromatic heterocycles. The van der Waals surface area contributed by atoms with Crippen LogP contribution in [0.4, 0.5) is 4.79 Å². The van der Waals surface area contributed by atoms with Crippen molar-refractivity contribution < 1.29 is 23.9 Å². The predicted molar refractivity (Wildman–Crippen MR) is 88.1 cm³/mol. The van der Waals surface area contributed by atoms with Crippen molar-refractivity contribution in [2.45, 2.75) is 85.5 Å². The molecule has 1 atom stereocenters. The first-order valence-electron chi connectivity index (χ1n) is 7.93. The fraction of sp³-hybridized carbons (Fsp3) is 0.824. The van der Waals surface area contributed by atoms with Gasteiger partial charge in [0.05, 0.1) is 6.04 Å². The second-order valence-corrected chi connectivity index (χ2v) is 8.06. The van der Waals surface area contributed by atoms with E-state index in [-0.39, 0.29) is 18.1 Å². The maximum atomic E-state index is 12.3. The third-order valence-electron chi connectivity index (χ3n) is 2.53. The van der Waals surface area contributed by atoms with Crippen molar-refractivity contribution in [2.24, 2.45) is 5.92 Å². The van der Waals surface area contributed by atoms with Crippen LogP contribution in [0.1, 0.15) is 68.2 Å². The zero-order chi connectivity index (χ0) is 18.4. The monoisotopic (exact) mass is 329 g/mol. The second-order valence-electron chi connectivity index (χ2n) is 8.06. The number of Topliss-reactive ketones (excluding diaryl/α,β-unsaturated/α-hetero) is 1. The summed E-state index contributed by atoms with van der Waals surface area (Å²) < 4.78 is 10.3. The second kappa shape index (κ2) is 8.31. The first-order valence-corrected chi connectivity index (χ1v) is 7.93. The molecule has 0 heterocycles. The molecule has 23 heavy (non-hydrogen) atoms. The Morgan fingerprint density at radius 3 is 1.78 bits per heavy atom. The van der Waals surface area contributed by atoms with E-state index in [0.717, 1.165) is 0 Å². The average molecular weight is 329 g/mol. The minimum absolute atomic E-state index is 0.178. The molecule has 1 amide bonds. The Hall–Kier alpha value is -1.59. The molecular weight excluding hydrogens is 298 g/mol. The molecule has 0 aliphatic carbocycles. The molecule has 0 aliphatic rings. The van der Waals surface area contributed by atoms with Gasteiger partial charge < -0.3 is 14.8 Å². The number of rotatable bonds is 6. The van der Waals surface area contributed by atoms with Gasteiger partial charge in [0.1, 0.15) is 17.6 Å². The predicted octanol–water partition coefficient (Wildman–Crippen LogP) is 3.23. The maximum absolute atomic E-state index is 12.3. The van der Waals surface area contributed by atoms with Gasteiger partial charge >= 0.3 is 12.1 Å². The van der Waals surface area contributed by atoms with Gasteiger partial charge in [-0.25, -0.2) is 4.79 Å². The number of carbonyl (C=O) groups is 3. The van der Waals surface area contributed by atoms with Gasteiger partial charge in [0.25, 0.3) is 0 Å². The fourth-order valence-corrected chi connectivity index (χ4v) is 1.84. The van der Waals surface area contributed by atoms with E-state index in [1.807, 2.05) is 13.8 Å². The van der Waals surface area contributed by atoms with Crippen LogP contribution >= 0.6 is 0 Å². The average Bonchev–Trinajstić information content (AvgIpc) is 2.21. The Kier molecular flexibility index (Phi) is 7.74. The summed E-state index contributed by atoms with van der Waals surface area (Å²) >= 11 is 0. The van der Waals surface area contributed by atoms with Crippen LogP contribution in [0, 0.1) is 5.92 Å². The maximum Gasteiger partial charge on any atom is 0.408 e. The topological polar surface area (TPSA) is 81.7 Å². The summed E-state index contributed by atoms with van der Waals surface area (Å²) in [7, 11) is 0. The van der Waals surface area contributed by atoms with E-state index in [0.29, 0.717) is 6.42 Å². The first-order chi connectivity index (χ1) is 10.2. The number of alkyl carbamates (subject to hydrolysis) is 1. The highest BCUT2D eigenvalue weighted by atomic mass is 16.6. The molecule has 6 nitrogen and oxygen atoms in total. The van der Waals surface area contributed by atoms with E-state index < -0.39 is 29.3 Å². The number of hydrogen-bond donors (Lipinski definition) is 1. The Bertz CT molecular complexity index is 429. The highest BCUT2D eigenvalue weighted by Crippen LogP contribution is 2.13. The van der Waals surface area contributed by atoms with Gasteiger partial charge in [0, 0.05) is 0 Å². The molecule has 0 aliphatic heterocycles. The lowest BCUT2D eigenvalue weighted by molar-refractivity contribution is -0.156. The summed E-state index contributed by atoms with van der Waals surface area (Å²) in [4.78, 5) is 36.0. The number of ketones is 1. The number of hydrogen-bond acceptors (Lipinski definition) is 5. The summed E-state index contributed by atoms with van der Waals surface area (Å²) in [6.07, 6.45) is -0.605. The number of amides is 1. The minimum Gasteiger partial charge on any atom is -0.460 e. The smallest absolute Gasteiger partial charge is 0.408 e. The summed E-state index contributed by atoms with van der Waals surface area (Å²) in [5.74, 6) is -0.793.